The molecule has 2 aliphatic heterocycles. The van der Waals surface area contributed by atoms with E-state index < -0.39 is 12.1 Å². The standard InChI is InChI=1S/C24H23ClN2O5/c25-18-8-5-17(6-9-18)7-10-22(28)32-19(15-26-11-13-31-14-12-26)16-27-23(29)20-3-1-2-4-21(20)24(27)30/h1-10,19H,11-16H2/b10-7+/t19-/m1/s1. The van der Waals surface area contributed by atoms with Gasteiger partial charge in [-0.3, -0.25) is 19.4 Å². The molecule has 1 atom stereocenters. The first-order valence-electron chi connectivity index (χ1n) is 10.4. The van der Waals surface area contributed by atoms with E-state index in [2.05, 4.69) is 4.90 Å². The Morgan fingerprint density at radius 1 is 1.00 bits per heavy atom. The molecule has 1 fully saturated rings. The van der Waals surface area contributed by atoms with Gasteiger partial charge < -0.3 is 9.47 Å². The predicted molar refractivity (Wildman–Crippen MR) is 119 cm³/mol. The third-order valence-electron chi connectivity index (χ3n) is 5.39. The van der Waals surface area contributed by atoms with Crippen molar-refractivity contribution in [3.8, 4) is 0 Å². The number of fused-ring (bicyclic) bond motifs is 1. The summed E-state index contributed by atoms with van der Waals surface area (Å²) < 4.78 is 11.1. The van der Waals surface area contributed by atoms with Crippen LogP contribution in [0.15, 0.2) is 54.6 Å². The Morgan fingerprint density at radius 2 is 1.62 bits per heavy atom. The number of ether oxygens (including phenoxy) is 2. The van der Waals surface area contributed by atoms with Crippen LogP contribution in [0.1, 0.15) is 26.3 Å². The number of hydrogen-bond acceptors (Lipinski definition) is 6. The number of carbonyl (C=O) groups is 3. The summed E-state index contributed by atoms with van der Waals surface area (Å²) in [7, 11) is 0. The molecule has 0 saturated carbocycles. The largest absolute Gasteiger partial charge is 0.456 e. The molecule has 0 bridgehead atoms. The van der Waals surface area contributed by atoms with E-state index in [1.54, 1.807) is 54.6 Å². The van der Waals surface area contributed by atoms with Gasteiger partial charge in [0.05, 0.1) is 30.9 Å². The minimum atomic E-state index is -0.669. The third kappa shape index (κ3) is 5.24. The maximum Gasteiger partial charge on any atom is 0.331 e. The van der Waals surface area contributed by atoms with Gasteiger partial charge in [-0.15, -0.1) is 0 Å². The molecule has 32 heavy (non-hydrogen) atoms. The zero-order valence-electron chi connectivity index (χ0n) is 17.4. The average molecular weight is 455 g/mol. The van der Waals surface area contributed by atoms with Gasteiger partial charge in [-0.1, -0.05) is 35.9 Å². The van der Waals surface area contributed by atoms with Crippen LogP contribution in [0.2, 0.25) is 5.02 Å². The van der Waals surface area contributed by atoms with Gasteiger partial charge in [-0.2, -0.15) is 0 Å². The van der Waals surface area contributed by atoms with Crippen molar-refractivity contribution in [3.63, 3.8) is 0 Å². The number of nitrogens with zero attached hydrogens (tertiary/aromatic N) is 2. The summed E-state index contributed by atoms with van der Waals surface area (Å²) in [6.07, 6.45) is 2.29. The summed E-state index contributed by atoms with van der Waals surface area (Å²) in [6.45, 7) is 2.95. The minimum Gasteiger partial charge on any atom is -0.456 e. The Labute approximate surface area is 191 Å². The van der Waals surface area contributed by atoms with Crippen LogP contribution in [0.5, 0.6) is 0 Å². The van der Waals surface area contributed by atoms with Crippen molar-refractivity contribution < 1.29 is 23.9 Å². The molecular weight excluding hydrogens is 432 g/mol. The number of benzene rings is 2. The number of hydrogen-bond donors (Lipinski definition) is 0. The summed E-state index contributed by atoms with van der Waals surface area (Å²) in [5, 5.41) is 0.608. The van der Waals surface area contributed by atoms with E-state index in [1.807, 2.05) is 0 Å². The lowest BCUT2D eigenvalue weighted by Crippen LogP contribution is -2.47. The Balaban J connectivity index is 1.46. The van der Waals surface area contributed by atoms with Crippen molar-refractivity contribution in [2.24, 2.45) is 0 Å². The number of amides is 2. The molecule has 1 saturated heterocycles. The zero-order chi connectivity index (χ0) is 22.5. The molecule has 2 heterocycles. The van der Waals surface area contributed by atoms with Crippen molar-refractivity contribution in [1.29, 1.82) is 0 Å². The van der Waals surface area contributed by atoms with E-state index in [1.165, 1.54) is 6.08 Å². The van der Waals surface area contributed by atoms with Gasteiger partial charge in [0, 0.05) is 30.7 Å². The first-order chi connectivity index (χ1) is 15.5. The van der Waals surface area contributed by atoms with Crippen LogP contribution in [-0.2, 0) is 14.3 Å². The van der Waals surface area contributed by atoms with E-state index in [4.69, 9.17) is 21.1 Å². The Kier molecular flexibility index (Phi) is 6.99. The number of rotatable bonds is 7. The fraction of sp³-hybridized carbons (Fsp3) is 0.292. The first-order valence-corrected chi connectivity index (χ1v) is 10.8. The van der Waals surface area contributed by atoms with E-state index in [9.17, 15) is 14.4 Å². The Morgan fingerprint density at radius 3 is 2.25 bits per heavy atom. The zero-order valence-corrected chi connectivity index (χ0v) is 18.2. The molecule has 2 aliphatic rings. The molecule has 2 aromatic carbocycles. The lowest BCUT2D eigenvalue weighted by atomic mass is 10.1. The van der Waals surface area contributed by atoms with Gasteiger partial charge in [0.25, 0.3) is 11.8 Å². The average Bonchev–Trinajstić information content (AvgIpc) is 3.04. The van der Waals surface area contributed by atoms with E-state index in [-0.39, 0.29) is 18.4 Å². The summed E-state index contributed by atoms with van der Waals surface area (Å²) >= 11 is 5.88. The normalized spacial score (nSPS) is 17.6. The molecule has 7 nitrogen and oxygen atoms in total. The number of esters is 1. The molecule has 4 rings (SSSR count). The molecule has 0 unspecified atom stereocenters. The monoisotopic (exact) mass is 454 g/mol. The quantitative estimate of drug-likeness (QED) is 0.364. The highest BCUT2D eigenvalue weighted by molar-refractivity contribution is 6.30. The van der Waals surface area contributed by atoms with Gasteiger partial charge in [0.1, 0.15) is 6.10 Å². The van der Waals surface area contributed by atoms with E-state index in [0.717, 1.165) is 10.5 Å². The molecule has 8 heteroatoms. The topological polar surface area (TPSA) is 76.2 Å². The van der Waals surface area contributed by atoms with Crippen LogP contribution < -0.4 is 0 Å². The van der Waals surface area contributed by atoms with Crippen molar-refractivity contribution in [2.75, 3.05) is 39.4 Å². The van der Waals surface area contributed by atoms with Gasteiger partial charge in [-0.25, -0.2) is 4.79 Å². The van der Waals surface area contributed by atoms with E-state index in [0.29, 0.717) is 49.0 Å². The summed E-state index contributed by atoms with van der Waals surface area (Å²) in [4.78, 5) is 41.3. The molecule has 0 aromatic heterocycles. The maximum atomic E-state index is 12.8. The fourth-order valence-electron chi connectivity index (χ4n) is 3.75. The highest BCUT2D eigenvalue weighted by Gasteiger charge is 2.37. The van der Waals surface area contributed by atoms with Crippen molar-refractivity contribution in [2.45, 2.75) is 6.10 Å². The van der Waals surface area contributed by atoms with Crippen LogP contribution in [0.3, 0.4) is 0 Å². The van der Waals surface area contributed by atoms with Crippen molar-refractivity contribution in [3.05, 3.63) is 76.3 Å². The molecule has 0 N–H and O–H groups in total. The SMILES string of the molecule is O=C(/C=C/c1ccc(Cl)cc1)O[C@H](CN1CCOCC1)CN1C(=O)c2ccccc2C1=O. The number of halogens is 1. The molecule has 2 aromatic rings. The maximum absolute atomic E-state index is 12.8. The summed E-state index contributed by atoms with van der Waals surface area (Å²) in [5.41, 5.74) is 1.55. The van der Waals surface area contributed by atoms with Gasteiger partial charge in [-0.05, 0) is 35.9 Å². The van der Waals surface area contributed by atoms with Gasteiger partial charge in [0.2, 0.25) is 0 Å². The van der Waals surface area contributed by atoms with Gasteiger partial charge >= 0.3 is 5.97 Å². The Bertz CT molecular complexity index is 996. The number of morpholine rings is 1. The summed E-state index contributed by atoms with van der Waals surface area (Å²) in [5.74, 6) is -1.29. The van der Waals surface area contributed by atoms with E-state index >= 15 is 0 Å². The molecule has 2 amide bonds. The number of imide groups is 1. The van der Waals surface area contributed by atoms with Crippen molar-refractivity contribution >= 4 is 35.5 Å². The van der Waals surface area contributed by atoms with Crippen molar-refractivity contribution in [1.82, 2.24) is 9.80 Å². The first kappa shape index (κ1) is 22.2. The third-order valence-corrected chi connectivity index (χ3v) is 5.65. The van der Waals surface area contributed by atoms with Crippen LogP contribution >= 0.6 is 11.6 Å². The smallest absolute Gasteiger partial charge is 0.331 e. The summed E-state index contributed by atoms with van der Waals surface area (Å²) in [6, 6.07) is 13.7. The van der Waals surface area contributed by atoms with Crippen LogP contribution in [0.25, 0.3) is 6.08 Å². The number of carbonyl (C=O) groups excluding carboxylic acids is 3. The predicted octanol–water partition coefficient (Wildman–Crippen LogP) is 2.89. The lowest BCUT2D eigenvalue weighted by molar-refractivity contribution is -0.144. The molecule has 0 radical (unpaired) electrons. The highest BCUT2D eigenvalue weighted by Crippen LogP contribution is 2.23. The Hall–Kier alpha value is -3.00. The fourth-order valence-corrected chi connectivity index (χ4v) is 3.88. The second-order valence-electron chi connectivity index (χ2n) is 7.62. The highest BCUT2D eigenvalue weighted by atomic mass is 35.5. The molecular formula is C24H23ClN2O5. The molecule has 0 aliphatic carbocycles. The molecule has 0 spiro atoms. The minimum absolute atomic E-state index is 0.00969. The second-order valence-corrected chi connectivity index (χ2v) is 8.06. The van der Waals surface area contributed by atoms with Crippen LogP contribution in [-0.4, -0.2) is 73.1 Å². The second kappa shape index (κ2) is 10.1. The molecule has 166 valence electrons. The lowest BCUT2D eigenvalue weighted by Gasteiger charge is -2.31. The van der Waals surface area contributed by atoms with Crippen LogP contribution in [0.4, 0.5) is 0 Å². The van der Waals surface area contributed by atoms with Crippen LogP contribution in [0, 0.1) is 0 Å². The van der Waals surface area contributed by atoms with Gasteiger partial charge in [0.15, 0.2) is 0 Å².